The van der Waals surface area contributed by atoms with Gasteiger partial charge >= 0.3 is 11.9 Å². The maximum absolute atomic E-state index is 15.3. The third-order valence-corrected chi connectivity index (χ3v) is 11.4. The Labute approximate surface area is 357 Å². The van der Waals surface area contributed by atoms with Crippen LogP contribution in [0.2, 0.25) is 0 Å². The summed E-state index contributed by atoms with van der Waals surface area (Å²) in [7, 11) is 0. The molecule has 0 saturated carbocycles. The van der Waals surface area contributed by atoms with Gasteiger partial charge in [0.25, 0.3) is 0 Å². The minimum absolute atomic E-state index is 0.0230. The van der Waals surface area contributed by atoms with E-state index in [0.29, 0.717) is 49.2 Å². The molecule has 2 fully saturated rings. The summed E-state index contributed by atoms with van der Waals surface area (Å²) in [6.07, 6.45) is 6.07. The van der Waals surface area contributed by atoms with E-state index in [4.69, 9.17) is 14.6 Å². The zero-order valence-corrected chi connectivity index (χ0v) is 34.3. The molecule has 0 radical (unpaired) electrons. The number of nitrogens with zero attached hydrogens (tertiary/aromatic N) is 7. The van der Waals surface area contributed by atoms with Crippen LogP contribution in [-0.4, -0.2) is 107 Å². The molecule has 6 aromatic rings. The predicted octanol–water partition coefficient (Wildman–Crippen LogP) is 4.94. The predicted molar refractivity (Wildman–Crippen MR) is 229 cm³/mol. The second-order valence-electron chi connectivity index (χ2n) is 15.4. The van der Waals surface area contributed by atoms with E-state index in [0.717, 1.165) is 50.1 Å². The van der Waals surface area contributed by atoms with Crippen molar-refractivity contribution in [2.75, 3.05) is 80.3 Å². The Hall–Kier alpha value is -7.15. The molecule has 2 atom stereocenters. The maximum atomic E-state index is 15.3. The van der Waals surface area contributed by atoms with Crippen LogP contribution in [0.25, 0.3) is 21.8 Å². The van der Waals surface area contributed by atoms with E-state index in [9.17, 15) is 33.1 Å². The van der Waals surface area contributed by atoms with Gasteiger partial charge in [-0.05, 0) is 50.2 Å². The van der Waals surface area contributed by atoms with Gasteiger partial charge in [-0.3, -0.25) is 9.59 Å². The molecule has 4 aromatic heterocycles. The van der Waals surface area contributed by atoms with Gasteiger partial charge < -0.3 is 48.8 Å². The first-order valence-corrected chi connectivity index (χ1v) is 20.3. The van der Waals surface area contributed by atoms with Crippen molar-refractivity contribution in [2.45, 2.75) is 25.9 Å². The van der Waals surface area contributed by atoms with Crippen LogP contribution in [-0.2, 0) is 0 Å². The number of aromatic carboxylic acids is 2. The Morgan fingerprint density at radius 2 is 1.13 bits per heavy atom. The number of carbonyl (C=O) groups is 2. The second kappa shape index (κ2) is 17.7. The van der Waals surface area contributed by atoms with Gasteiger partial charge in [0, 0.05) is 77.1 Å². The molecule has 19 heteroatoms. The van der Waals surface area contributed by atoms with Crippen molar-refractivity contribution in [3.63, 3.8) is 0 Å². The molecular weight excluding hydrogens is 826 g/mol. The number of carboxylic acid groups (broad SMARTS) is 2. The van der Waals surface area contributed by atoms with E-state index in [1.807, 2.05) is 48.4 Å². The molecule has 8 heterocycles. The molecule has 16 nitrogen and oxygen atoms in total. The highest BCUT2D eigenvalue weighted by Gasteiger charge is 2.32. The summed E-state index contributed by atoms with van der Waals surface area (Å²) in [5, 5.41) is 21.6. The summed E-state index contributed by atoms with van der Waals surface area (Å²) in [4.78, 5) is 62.4. The third-order valence-electron chi connectivity index (χ3n) is 11.4. The molecule has 3 N–H and O–H groups in total. The lowest BCUT2D eigenvalue weighted by molar-refractivity contribution is 0.0683. The number of carboxylic acids is 2. The van der Waals surface area contributed by atoms with Gasteiger partial charge in [-0.1, -0.05) is 12.1 Å². The largest absolute Gasteiger partial charge is 0.487 e. The minimum Gasteiger partial charge on any atom is -0.487 e. The monoisotopic (exact) mass is 868 g/mol. The highest BCUT2D eigenvalue weighted by molar-refractivity contribution is 5.97. The van der Waals surface area contributed by atoms with E-state index in [1.54, 1.807) is 17.7 Å². The van der Waals surface area contributed by atoms with E-state index >= 15 is 4.39 Å². The number of halogens is 3. The lowest BCUT2D eigenvalue weighted by Crippen LogP contribution is -2.47. The summed E-state index contributed by atoms with van der Waals surface area (Å²) < 4.78 is 56.8. The quantitative estimate of drug-likeness (QED) is 0.212. The van der Waals surface area contributed by atoms with Gasteiger partial charge in [-0.25, -0.2) is 28.3 Å². The average Bonchev–Trinajstić information content (AvgIpc) is 3.30. The highest BCUT2D eigenvalue weighted by Crippen LogP contribution is 2.42. The summed E-state index contributed by atoms with van der Waals surface area (Å²) in [5.41, 5.74) is -1.58. The Balaban J connectivity index is 0.000000145. The van der Waals surface area contributed by atoms with Crippen LogP contribution in [0.5, 0.6) is 11.5 Å². The van der Waals surface area contributed by atoms with Crippen molar-refractivity contribution in [1.29, 1.82) is 0 Å². The molecule has 0 unspecified atom stereocenters. The van der Waals surface area contributed by atoms with Crippen LogP contribution in [0.1, 0.15) is 46.6 Å². The number of piperazine rings is 2. The molecule has 2 aromatic carbocycles. The van der Waals surface area contributed by atoms with Crippen molar-refractivity contribution in [3.8, 4) is 11.5 Å². The van der Waals surface area contributed by atoms with Crippen LogP contribution < -0.4 is 40.3 Å². The standard InChI is InChI=1S/C22H21FN4O4.C13H9F2NO4.C9H13N3/c1-13-12-31-21-18-14(20(28)15(22(29)30)11-27(13)18)10-16(23)19(21)26-8-6-25(7-9-26)17-4-2-3-5-24-17;1-5-4-20-12-9(15)8(14)2-6-10(12)16(5)3-7(11(6)17)13(18)19;1-2-4-11-9(3-1)12-7-5-10-6-8-12/h2-5,10-11,13H,6-9,12H2,1H3,(H,29,30);2-3,5H,4H2,1H3,(H,18,19);1-4,10H,5-8H2/t13-;5-;/m00./s1. The first-order chi connectivity index (χ1) is 30.3. The topological polar surface area (TPSA) is 185 Å². The third kappa shape index (κ3) is 8.18. The van der Waals surface area contributed by atoms with Crippen molar-refractivity contribution in [1.82, 2.24) is 24.4 Å². The molecule has 2 saturated heterocycles. The van der Waals surface area contributed by atoms with Crippen molar-refractivity contribution in [3.05, 3.63) is 122 Å². The summed E-state index contributed by atoms with van der Waals surface area (Å²) in [6, 6.07) is 13.2. The van der Waals surface area contributed by atoms with E-state index in [-0.39, 0.29) is 52.9 Å². The van der Waals surface area contributed by atoms with Gasteiger partial charge in [-0.15, -0.1) is 0 Å². The second-order valence-corrected chi connectivity index (χ2v) is 15.4. The van der Waals surface area contributed by atoms with Crippen LogP contribution in [0.15, 0.2) is 82.9 Å². The van der Waals surface area contributed by atoms with Gasteiger partial charge in [0.2, 0.25) is 16.7 Å². The molecule has 4 aliphatic rings. The molecule has 0 amide bonds. The van der Waals surface area contributed by atoms with Crippen molar-refractivity contribution >= 4 is 51.1 Å². The summed E-state index contributed by atoms with van der Waals surface area (Å²) >= 11 is 0. The van der Waals surface area contributed by atoms with Gasteiger partial charge in [0.05, 0.1) is 33.9 Å². The van der Waals surface area contributed by atoms with Gasteiger partial charge in [-0.2, -0.15) is 4.39 Å². The molecule has 328 valence electrons. The zero-order valence-electron chi connectivity index (χ0n) is 34.3. The first kappa shape index (κ1) is 42.5. The van der Waals surface area contributed by atoms with E-state index in [1.165, 1.54) is 10.8 Å². The molecule has 10 rings (SSSR count). The number of benzene rings is 2. The Morgan fingerprint density at radius 1 is 0.667 bits per heavy atom. The van der Waals surface area contributed by atoms with Crippen LogP contribution in [0.3, 0.4) is 0 Å². The fraction of sp³-hybridized carbons (Fsp3) is 0.318. The number of nitrogens with one attached hydrogen (secondary N) is 1. The molecule has 0 spiro atoms. The van der Waals surface area contributed by atoms with E-state index < -0.39 is 45.8 Å². The van der Waals surface area contributed by atoms with Crippen molar-refractivity contribution < 1.29 is 42.4 Å². The highest BCUT2D eigenvalue weighted by atomic mass is 19.2. The van der Waals surface area contributed by atoms with Gasteiger partial charge in [0.15, 0.2) is 23.1 Å². The Bertz CT molecular complexity index is 2830. The zero-order chi connectivity index (χ0) is 44.5. The Kier molecular flexibility index (Phi) is 11.9. The number of anilines is 3. The Morgan fingerprint density at radius 3 is 1.62 bits per heavy atom. The normalized spacial score (nSPS) is 17.8. The van der Waals surface area contributed by atoms with Crippen LogP contribution in [0.4, 0.5) is 30.5 Å². The number of hydrogen-bond donors (Lipinski definition) is 3. The molecule has 63 heavy (non-hydrogen) atoms. The summed E-state index contributed by atoms with van der Waals surface area (Å²) in [5.74, 6) is -3.83. The lowest BCUT2D eigenvalue weighted by Gasteiger charge is -2.38. The SMILES string of the molecule is C[C@H]1COc2c(F)c(F)cc3c(=O)c(C(=O)O)cn1c23.C[C@H]1COc2c(N3CCN(c4ccccn4)CC3)c(F)cc3c(=O)c(C(=O)O)cn1c23.c1ccc(N2CCNCC2)nc1. The molecular formula is C44H43F3N8O8. The smallest absolute Gasteiger partial charge is 0.341 e. The maximum Gasteiger partial charge on any atom is 0.341 e. The van der Waals surface area contributed by atoms with Crippen molar-refractivity contribution in [2.24, 2.45) is 0 Å². The van der Waals surface area contributed by atoms with E-state index in [2.05, 4.69) is 31.2 Å². The average molecular weight is 869 g/mol. The number of pyridine rings is 4. The lowest BCUT2D eigenvalue weighted by atomic mass is 10.1. The van der Waals surface area contributed by atoms with Crippen LogP contribution in [0, 0.1) is 17.5 Å². The molecule has 4 aliphatic heterocycles. The number of rotatable bonds is 5. The van der Waals surface area contributed by atoms with Gasteiger partial charge in [0.1, 0.15) is 41.7 Å². The minimum atomic E-state index is -1.41. The first-order valence-electron chi connectivity index (χ1n) is 20.3. The number of aromatic nitrogens is 4. The number of hydrogen-bond acceptors (Lipinski definition) is 12. The molecule has 0 aliphatic carbocycles. The van der Waals surface area contributed by atoms with Crippen LogP contribution >= 0.6 is 0 Å². The number of ether oxygens (including phenoxy) is 2. The summed E-state index contributed by atoms with van der Waals surface area (Å²) in [6.45, 7) is 10.6. The fourth-order valence-corrected chi connectivity index (χ4v) is 8.14. The fourth-order valence-electron chi connectivity index (χ4n) is 8.14. The molecule has 0 bridgehead atoms.